The Hall–Kier alpha value is -4.87. The summed E-state index contributed by atoms with van der Waals surface area (Å²) in [5, 5.41) is 9.46. The second kappa shape index (κ2) is 14.7. The molecule has 1 saturated heterocycles. The molecule has 2 heterocycles. The van der Waals surface area contributed by atoms with Crippen LogP contribution in [-0.4, -0.2) is 58.6 Å². The second-order valence-corrected chi connectivity index (χ2v) is 11.5. The minimum absolute atomic E-state index is 0. The number of ether oxygens (including phenoxy) is 2. The Morgan fingerprint density at radius 2 is 1.62 bits per heavy atom. The first-order valence-electron chi connectivity index (χ1n) is 14.0. The summed E-state index contributed by atoms with van der Waals surface area (Å²) in [6.07, 6.45) is -0.187. The third kappa shape index (κ3) is 8.20. The second-order valence-electron chi connectivity index (χ2n) is 10.5. The number of para-hydroxylation sites is 2. The quantitative estimate of drug-likeness (QED) is 0.158. The molecule has 1 aromatic heterocycles. The Morgan fingerprint density at radius 3 is 2.27 bits per heavy atom. The SMILES string of the molecule is Cc1ccccc1O[C@H]1C[C@@H](C(N)=O)N(C(=O)CN(Cc2cc(C(=N)N)cs2)C(=O)c2ccc(Oc3ccccc3)cc2)C1.Cl. The zero-order valence-electron chi connectivity index (χ0n) is 24.6. The number of amides is 3. The van der Waals surface area contributed by atoms with Crippen molar-refractivity contribution in [3.63, 3.8) is 0 Å². The molecule has 5 N–H and O–H groups in total. The average molecular weight is 648 g/mol. The number of aryl methyl sites for hydroxylation is 1. The molecule has 0 aliphatic carbocycles. The van der Waals surface area contributed by atoms with E-state index >= 15 is 0 Å². The highest BCUT2D eigenvalue weighted by molar-refractivity contribution is 7.10. The zero-order valence-corrected chi connectivity index (χ0v) is 26.2. The molecule has 10 nitrogen and oxygen atoms in total. The summed E-state index contributed by atoms with van der Waals surface area (Å²) < 4.78 is 12.0. The fourth-order valence-electron chi connectivity index (χ4n) is 5.02. The lowest BCUT2D eigenvalue weighted by atomic mass is 10.1. The zero-order chi connectivity index (χ0) is 31.2. The molecule has 234 valence electrons. The third-order valence-electron chi connectivity index (χ3n) is 7.30. The molecule has 4 aromatic rings. The summed E-state index contributed by atoms with van der Waals surface area (Å²) in [6.45, 7) is 1.88. The van der Waals surface area contributed by atoms with Crippen LogP contribution in [0, 0.1) is 12.3 Å². The first-order valence-corrected chi connectivity index (χ1v) is 14.9. The van der Waals surface area contributed by atoms with Crippen molar-refractivity contribution in [3.8, 4) is 17.2 Å². The van der Waals surface area contributed by atoms with Gasteiger partial charge in [0.15, 0.2) is 0 Å². The Bertz CT molecular complexity index is 1660. The lowest BCUT2D eigenvalue weighted by Crippen LogP contribution is -2.48. The molecule has 1 fully saturated rings. The largest absolute Gasteiger partial charge is 0.488 e. The van der Waals surface area contributed by atoms with E-state index in [0.717, 1.165) is 10.4 Å². The van der Waals surface area contributed by atoms with Crippen molar-refractivity contribution < 1.29 is 23.9 Å². The van der Waals surface area contributed by atoms with Crippen molar-refractivity contribution in [2.24, 2.45) is 11.5 Å². The van der Waals surface area contributed by atoms with E-state index in [9.17, 15) is 14.4 Å². The number of amidine groups is 1. The molecule has 0 bridgehead atoms. The predicted octanol–water partition coefficient (Wildman–Crippen LogP) is 4.73. The monoisotopic (exact) mass is 647 g/mol. The topological polar surface area (TPSA) is 152 Å². The van der Waals surface area contributed by atoms with E-state index in [0.29, 0.717) is 28.4 Å². The Labute approximate surface area is 271 Å². The van der Waals surface area contributed by atoms with Gasteiger partial charge in [0.05, 0.1) is 13.1 Å². The normalized spacial score (nSPS) is 15.5. The predicted molar refractivity (Wildman–Crippen MR) is 175 cm³/mol. The average Bonchev–Trinajstić information content (AvgIpc) is 3.66. The maximum Gasteiger partial charge on any atom is 0.254 e. The van der Waals surface area contributed by atoms with Crippen LogP contribution < -0.4 is 20.9 Å². The molecule has 2 atom stereocenters. The maximum absolute atomic E-state index is 13.8. The number of nitrogens with zero attached hydrogens (tertiary/aromatic N) is 2. The van der Waals surface area contributed by atoms with Gasteiger partial charge in [-0.05, 0) is 61.0 Å². The van der Waals surface area contributed by atoms with Gasteiger partial charge in [-0.3, -0.25) is 19.8 Å². The van der Waals surface area contributed by atoms with Gasteiger partial charge in [-0.1, -0.05) is 36.4 Å². The molecule has 0 saturated carbocycles. The van der Waals surface area contributed by atoms with Gasteiger partial charge in [0.1, 0.15) is 41.8 Å². The number of primary amides is 1. The van der Waals surface area contributed by atoms with E-state index in [2.05, 4.69) is 0 Å². The van der Waals surface area contributed by atoms with Gasteiger partial charge in [-0.25, -0.2) is 0 Å². The fourth-order valence-corrected chi connectivity index (χ4v) is 5.91. The van der Waals surface area contributed by atoms with Gasteiger partial charge in [-0.15, -0.1) is 23.7 Å². The highest BCUT2D eigenvalue weighted by Crippen LogP contribution is 2.27. The Balaban J connectivity index is 0.00000461. The molecular formula is C33H34ClN5O5S. The molecule has 3 amide bonds. The first-order chi connectivity index (χ1) is 21.2. The molecule has 1 aliphatic heterocycles. The van der Waals surface area contributed by atoms with E-state index in [1.165, 1.54) is 21.1 Å². The number of hydrogen-bond donors (Lipinski definition) is 3. The van der Waals surface area contributed by atoms with Crippen molar-refractivity contribution >= 4 is 47.3 Å². The van der Waals surface area contributed by atoms with Crippen LogP contribution in [0.5, 0.6) is 17.2 Å². The van der Waals surface area contributed by atoms with Gasteiger partial charge in [0.2, 0.25) is 11.8 Å². The van der Waals surface area contributed by atoms with Gasteiger partial charge >= 0.3 is 0 Å². The number of carbonyl (C=O) groups excluding carboxylic acids is 3. The van der Waals surface area contributed by atoms with E-state index < -0.39 is 24.0 Å². The van der Waals surface area contributed by atoms with Crippen LogP contribution in [0.1, 0.15) is 32.8 Å². The number of nitrogens with two attached hydrogens (primary N) is 2. The van der Waals surface area contributed by atoms with Crippen LogP contribution in [0.3, 0.4) is 0 Å². The summed E-state index contributed by atoms with van der Waals surface area (Å²) in [5.74, 6) is 0.362. The molecule has 45 heavy (non-hydrogen) atoms. The van der Waals surface area contributed by atoms with Gasteiger partial charge < -0.3 is 30.7 Å². The lowest BCUT2D eigenvalue weighted by molar-refractivity contribution is -0.137. The van der Waals surface area contributed by atoms with E-state index in [4.69, 9.17) is 26.4 Å². The number of nitrogens with one attached hydrogen (secondary N) is 1. The molecule has 5 rings (SSSR count). The number of carbonyl (C=O) groups is 3. The molecule has 0 spiro atoms. The number of thiophene rings is 1. The molecular weight excluding hydrogens is 614 g/mol. The molecule has 0 radical (unpaired) electrons. The van der Waals surface area contributed by atoms with Crippen LogP contribution in [0.2, 0.25) is 0 Å². The van der Waals surface area contributed by atoms with Crippen molar-refractivity contribution in [1.82, 2.24) is 9.80 Å². The fraction of sp³-hybridized carbons (Fsp3) is 0.212. The van der Waals surface area contributed by atoms with Crippen molar-refractivity contribution in [1.29, 1.82) is 5.41 Å². The smallest absolute Gasteiger partial charge is 0.254 e. The standard InChI is InChI=1S/C33H33N5O5S.ClH/c1-21-7-5-6-10-29(21)43-26-16-28(32(36)40)38(17-26)30(39)19-37(18-27-15-23(20-44-27)31(34)35)33(41)22-11-13-25(14-12-22)42-24-8-3-2-4-9-24;/h2-15,20,26,28H,16-19H2,1H3,(H3,34,35)(H2,36,40);1H/t26-,28-;/m0./s1. The van der Waals surface area contributed by atoms with Crippen molar-refractivity contribution in [2.75, 3.05) is 13.1 Å². The van der Waals surface area contributed by atoms with Gasteiger partial charge in [-0.2, -0.15) is 0 Å². The highest BCUT2D eigenvalue weighted by Gasteiger charge is 2.40. The summed E-state index contributed by atoms with van der Waals surface area (Å²) in [6, 6.07) is 24.3. The molecule has 0 unspecified atom stereocenters. The minimum atomic E-state index is -0.867. The van der Waals surface area contributed by atoms with Crippen LogP contribution in [0.15, 0.2) is 90.3 Å². The molecule has 1 aliphatic rings. The number of benzene rings is 3. The van der Waals surface area contributed by atoms with Crippen LogP contribution in [0.4, 0.5) is 0 Å². The van der Waals surface area contributed by atoms with Crippen molar-refractivity contribution in [3.05, 3.63) is 112 Å². The number of hydrogen-bond acceptors (Lipinski definition) is 7. The van der Waals surface area contributed by atoms with E-state index in [-0.39, 0.29) is 50.2 Å². The number of nitrogen functional groups attached to an aromatic ring is 1. The number of rotatable bonds is 11. The summed E-state index contributed by atoms with van der Waals surface area (Å²) >= 11 is 1.34. The van der Waals surface area contributed by atoms with E-state index in [1.54, 1.807) is 35.7 Å². The third-order valence-corrected chi connectivity index (χ3v) is 8.23. The highest BCUT2D eigenvalue weighted by atomic mass is 35.5. The van der Waals surface area contributed by atoms with Crippen LogP contribution in [-0.2, 0) is 16.1 Å². The minimum Gasteiger partial charge on any atom is -0.488 e. The number of likely N-dealkylation sites (tertiary alicyclic amines) is 1. The summed E-state index contributed by atoms with van der Waals surface area (Å²) in [5.41, 5.74) is 13.2. The van der Waals surface area contributed by atoms with Crippen molar-refractivity contribution in [2.45, 2.75) is 32.0 Å². The summed E-state index contributed by atoms with van der Waals surface area (Å²) in [4.78, 5) is 43.5. The number of halogens is 1. The van der Waals surface area contributed by atoms with Gasteiger partial charge in [0, 0.05) is 27.8 Å². The molecule has 12 heteroatoms. The Morgan fingerprint density at radius 1 is 0.956 bits per heavy atom. The lowest BCUT2D eigenvalue weighted by Gasteiger charge is -2.27. The summed E-state index contributed by atoms with van der Waals surface area (Å²) in [7, 11) is 0. The van der Waals surface area contributed by atoms with Crippen LogP contribution >= 0.6 is 23.7 Å². The molecule has 3 aromatic carbocycles. The van der Waals surface area contributed by atoms with E-state index in [1.807, 2.05) is 61.5 Å². The van der Waals surface area contributed by atoms with Crippen LogP contribution in [0.25, 0.3) is 0 Å². The first kappa shape index (κ1) is 33.0. The maximum atomic E-state index is 13.8. The van der Waals surface area contributed by atoms with Gasteiger partial charge in [0.25, 0.3) is 5.91 Å². The Kier molecular flexibility index (Phi) is 10.8.